The van der Waals surface area contributed by atoms with E-state index in [1.54, 1.807) is 0 Å². The third-order valence-corrected chi connectivity index (χ3v) is 4.07. The number of non-ortho nitro benzene ring substituents is 1. The maximum atomic E-state index is 12.3. The number of carbonyl (C=O) groups excluding carboxylic acids is 4. The molecule has 0 bridgehead atoms. The molecule has 152 valence electrons. The molecule has 1 aromatic carbocycles. The number of carbonyl (C=O) groups is 4. The summed E-state index contributed by atoms with van der Waals surface area (Å²) >= 11 is 0. The standard InChI is InChI=1S/C17H21N3O8/c1-9(13(16(23)27-2)17(24)28-3)14(15(18)22)19-12(21)8-10-5-4-6-11(7-10)20(25)26/h4-7,9,13-14H,8H2,1-3H3,(H2,18,22)(H,19,21)/t9-,14-/m1/s1. The molecule has 28 heavy (non-hydrogen) atoms. The highest BCUT2D eigenvalue weighted by Crippen LogP contribution is 2.20. The number of hydrogen-bond acceptors (Lipinski definition) is 8. The third-order valence-electron chi connectivity index (χ3n) is 4.07. The molecule has 0 radical (unpaired) electrons. The number of hydrogen-bond donors (Lipinski definition) is 2. The van der Waals surface area contributed by atoms with Gasteiger partial charge in [-0.15, -0.1) is 0 Å². The van der Waals surface area contributed by atoms with Gasteiger partial charge in [0.1, 0.15) is 6.04 Å². The molecule has 0 saturated heterocycles. The van der Waals surface area contributed by atoms with Crippen LogP contribution in [0.15, 0.2) is 24.3 Å². The summed E-state index contributed by atoms with van der Waals surface area (Å²) in [6, 6.07) is 4.02. The number of nitrogens with zero attached hydrogens (tertiary/aromatic N) is 1. The van der Waals surface area contributed by atoms with Crippen LogP contribution >= 0.6 is 0 Å². The van der Waals surface area contributed by atoms with Crippen molar-refractivity contribution in [3.8, 4) is 0 Å². The zero-order valence-electron chi connectivity index (χ0n) is 15.5. The summed E-state index contributed by atoms with van der Waals surface area (Å²) in [5, 5.41) is 13.2. The van der Waals surface area contributed by atoms with Gasteiger partial charge in [0.2, 0.25) is 11.8 Å². The van der Waals surface area contributed by atoms with Crippen molar-refractivity contribution < 1.29 is 33.6 Å². The number of nitro benzene ring substituents is 1. The number of nitrogens with one attached hydrogen (secondary N) is 1. The molecule has 0 aliphatic rings. The molecule has 2 amide bonds. The Morgan fingerprint density at radius 1 is 1.18 bits per heavy atom. The van der Waals surface area contributed by atoms with E-state index in [0.29, 0.717) is 5.56 Å². The molecule has 0 aliphatic carbocycles. The van der Waals surface area contributed by atoms with Crippen LogP contribution in [0, 0.1) is 22.0 Å². The van der Waals surface area contributed by atoms with Crippen molar-refractivity contribution in [1.29, 1.82) is 0 Å². The van der Waals surface area contributed by atoms with Crippen LogP contribution in [0.5, 0.6) is 0 Å². The summed E-state index contributed by atoms with van der Waals surface area (Å²) < 4.78 is 9.11. The molecule has 0 spiro atoms. The first-order chi connectivity index (χ1) is 13.1. The Kier molecular flexibility index (Phi) is 8.05. The van der Waals surface area contributed by atoms with E-state index in [1.807, 2.05) is 0 Å². The predicted molar refractivity (Wildman–Crippen MR) is 94.6 cm³/mol. The Bertz CT molecular complexity index is 763. The number of primary amides is 1. The molecule has 3 N–H and O–H groups in total. The number of benzene rings is 1. The molecular weight excluding hydrogens is 374 g/mol. The minimum Gasteiger partial charge on any atom is -0.468 e. The second kappa shape index (κ2) is 10.00. The van der Waals surface area contributed by atoms with Gasteiger partial charge in [0.05, 0.1) is 25.6 Å². The summed E-state index contributed by atoms with van der Waals surface area (Å²) in [6.45, 7) is 1.36. The van der Waals surface area contributed by atoms with Crippen molar-refractivity contribution in [2.45, 2.75) is 19.4 Å². The van der Waals surface area contributed by atoms with Crippen LogP contribution in [-0.2, 0) is 35.1 Å². The number of esters is 2. The normalized spacial score (nSPS) is 12.6. The van der Waals surface area contributed by atoms with Crippen molar-refractivity contribution in [2.24, 2.45) is 17.6 Å². The van der Waals surface area contributed by atoms with Gasteiger partial charge in [-0.2, -0.15) is 0 Å². The highest BCUT2D eigenvalue weighted by atomic mass is 16.6. The van der Waals surface area contributed by atoms with Crippen molar-refractivity contribution in [1.82, 2.24) is 5.32 Å². The predicted octanol–water partition coefficient (Wildman–Crippen LogP) is -0.294. The van der Waals surface area contributed by atoms with Crippen molar-refractivity contribution in [2.75, 3.05) is 14.2 Å². The number of nitro groups is 1. The third kappa shape index (κ3) is 5.76. The number of methoxy groups -OCH3 is 2. The first kappa shape index (κ1) is 22.5. The van der Waals surface area contributed by atoms with E-state index in [0.717, 1.165) is 14.2 Å². The molecule has 11 nitrogen and oxygen atoms in total. The fourth-order valence-electron chi connectivity index (χ4n) is 2.62. The SMILES string of the molecule is COC(=O)C(C(=O)OC)[C@@H](C)[C@@H](NC(=O)Cc1cccc([N+](=O)[O-])c1)C(N)=O. The van der Waals surface area contributed by atoms with Gasteiger partial charge in [-0.25, -0.2) is 0 Å². The van der Waals surface area contributed by atoms with Crippen molar-refractivity contribution in [3.05, 3.63) is 39.9 Å². The largest absolute Gasteiger partial charge is 0.468 e. The summed E-state index contributed by atoms with van der Waals surface area (Å²) in [6.07, 6.45) is -0.278. The smallest absolute Gasteiger partial charge is 0.320 e. The van der Waals surface area contributed by atoms with Gasteiger partial charge in [0.25, 0.3) is 5.69 Å². The number of ether oxygens (including phenoxy) is 2. The summed E-state index contributed by atoms with van der Waals surface area (Å²) in [4.78, 5) is 58.1. The van der Waals surface area contributed by atoms with Crippen LogP contribution in [0.3, 0.4) is 0 Å². The maximum Gasteiger partial charge on any atom is 0.320 e. The van der Waals surface area contributed by atoms with Gasteiger partial charge in [-0.3, -0.25) is 29.3 Å². The number of amides is 2. The molecule has 0 heterocycles. The number of nitrogens with two attached hydrogens (primary N) is 1. The van der Waals surface area contributed by atoms with Gasteiger partial charge in [-0.1, -0.05) is 19.1 Å². The molecular formula is C17H21N3O8. The second-order valence-corrected chi connectivity index (χ2v) is 5.93. The van der Waals surface area contributed by atoms with Crippen LogP contribution < -0.4 is 11.1 Å². The van der Waals surface area contributed by atoms with Crippen LogP contribution in [0.25, 0.3) is 0 Å². The van der Waals surface area contributed by atoms with E-state index in [2.05, 4.69) is 14.8 Å². The lowest BCUT2D eigenvalue weighted by Crippen LogP contribution is -2.53. The second-order valence-electron chi connectivity index (χ2n) is 5.93. The first-order valence-corrected chi connectivity index (χ1v) is 8.10. The summed E-state index contributed by atoms with van der Waals surface area (Å²) in [5.74, 6) is -6.09. The first-order valence-electron chi connectivity index (χ1n) is 8.10. The summed E-state index contributed by atoms with van der Waals surface area (Å²) in [5.41, 5.74) is 5.46. The highest BCUT2D eigenvalue weighted by Gasteiger charge is 2.41. The molecule has 1 aromatic rings. The monoisotopic (exact) mass is 395 g/mol. The Hall–Kier alpha value is -3.50. The summed E-state index contributed by atoms with van der Waals surface area (Å²) in [7, 11) is 2.12. The van der Waals surface area contributed by atoms with Crippen molar-refractivity contribution >= 4 is 29.4 Å². The molecule has 0 aromatic heterocycles. The molecule has 0 saturated carbocycles. The highest BCUT2D eigenvalue weighted by molar-refractivity contribution is 5.97. The fraction of sp³-hybridized carbons (Fsp3) is 0.412. The average molecular weight is 395 g/mol. The van der Waals surface area contributed by atoms with E-state index >= 15 is 0 Å². The minimum atomic E-state index is -1.48. The van der Waals surface area contributed by atoms with E-state index in [4.69, 9.17) is 5.73 Å². The lowest BCUT2D eigenvalue weighted by atomic mass is 9.86. The fourth-order valence-corrected chi connectivity index (χ4v) is 2.62. The van der Waals surface area contributed by atoms with Gasteiger partial charge < -0.3 is 20.5 Å². The maximum absolute atomic E-state index is 12.3. The van der Waals surface area contributed by atoms with E-state index in [-0.39, 0.29) is 12.1 Å². The lowest BCUT2D eigenvalue weighted by molar-refractivity contribution is -0.384. The van der Waals surface area contributed by atoms with Crippen molar-refractivity contribution in [3.63, 3.8) is 0 Å². The molecule has 0 aliphatic heterocycles. The topological polar surface area (TPSA) is 168 Å². The van der Waals surface area contributed by atoms with Crippen LogP contribution in [0.1, 0.15) is 12.5 Å². The Morgan fingerprint density at radius 2 is 1.75 bits per heavy atom. The van der Waals surface area contributed by atoms with Gasteiger partial charge in [0, 0.05) is 18.1 Å². The van der Waals surface area contributed by atoms with E-state index < -0.39 is 46.6 Å². The van der Waals surface area contributed by atoms with Crippen LogP contribution in [0.2, 0.25) is 0 Å². The Balaban J connectivity index is 2.99. The minimum absolute atomic E-state index is 0.193. The zero-order chi connectivity index (χ0) is 21.4. The average Bonchev–Trinajstić information content (AvgIpc) is 2.65. The lowest BCUT2D eigenvalue weighted by Gasteiger charge is -2.26. The quantitative estimate of drug-likeness (QED) is 0.249. The number of rotatable bonds is 9. The molecule has 0 unspecified atom stereocenters. The van der Waals surface area contributed by atoms with Crippen LogP contribution in [0.4, 0.5) is 5.69 Å². The zero-order valence-corrected chi connectivity index (χ0v) is 15.5. The molecule has 11 heteroatoms. The van der Waals surface area contributed by atoms with Gasteiger partial charge in [0.15, 0.2) is 5.92 Å². The Morgan fingerprint density at radius 3 is 2.21 bits per heavy atom. The van der Waals surface area contributed by atoms with E-state index in [9.17, 15) is 29.3 Å². The van der Waals surface area contributed by atoms with Gasteiger partial charge in [-0.05, 0) is 5.56 Å². The molecule has 0 fully saturated rings. The van der Waals surface area contributed by atoms with E-state index in [1.165, 1.54) is 31.2 Å². The van der Waals surface area contributed by atoms with Crippen LogP contribution in [-0.4, -0.2) is 48.9 Å². The molecule has 1 rings (SSSR count). The van der Waals surface area contributed by atoms with Gasteiger partial charge >= 0.3 is 11.9 Å². The molecule has 2 atom stereocenters. The Labute approximate surface area is 160 Å².